The average Bonchev–Trinajstić information content (AvgIpc) is 2.77. The van der Waals surface area contributed by atoms with E-state index in [-0.39, 0.29) is 0 Å². The van der Waals surface area contributed by atoms with Gasteiger partial charge >= 0.3 is 0 Å². The lowest BCUT2D eigenvalue weighted by atomic mass is 10.1. The van der Waals surface area contributed by atoms with E-state index in [1.165, 1.54) is 18.4 Å². The molecule has 3 unspecified atom stereocenters. The SMILES string of the molecule is CNC(C)c1ccc(N2CC3CCC(C2)O3)nc1. The topological polar surface area (TPSA) is 37.4 Å². The quantitative estimate of drug-likeness (QED) is 0.882. The third kappa shape index (κ3) is 2.22. The van der Waals surface area contributed by atoms with E-state index in [1.807, 2.05) is 13.2 Å². The number of anilines is 1. The van der Waals surface area contributed by atoms with Gasteiger partial charge in [0.15, 0.2) is 0 Å². The van der Waals surface area contributed by atoms with Gasteiger partial charge in [0.05, 0.1) is 12.2 Å². The molecule has 0 saturated carbocycles. The van der Waals surface area contributed by atoms with Crippen molar-refractivity contribution in [1.82, 2.24) is 10.3 Å². The Morgan fingerprint density at radius 2 is 2.06 bits per heavy atom. The van der Waals surface area contributed by atoms with Gasteiger partial charge in [-0.2, -0.15) is 0 Å². The van der Waals surface area contributed by atoms with Gasteiger partial charge in [0.1, 0.15) is 5.82 Å². The minimum absolute atomic E-state index is 0.354. The van der Waals surface area contributed by atoms with Crippen molar-refractivity contribution < 1.29 is 4.74 Å². The summed E-state index contributed by atoms with van der Waals surface area (Å²) in [5.41, 5.74) is 1.23. The molecule has 0 radical (unpaired) electrons. The first-order valence-corrected chi connectivity index (χ1v) is 6.80. The van der Waals surface area contributed by atoms with E-state index in [2.05, 4.69) is 34.3 Å². The first kappa shape index (κ1) is 11.9. The second-order valence-electron chi connectivity index (χ2n) is 5.32. The molecule has 3 heterocycles. The monoisotopic (exact) mass is 247 g/mol. The lowest BCUT2D eigenvalue weighted by Crippen LogP contribution is -2.43. The number of nitrogens with zero attached hydrogens (tertiary/aromatic N) is 2. The fourth-order valence-corrected chi connectivity index (χ4v) is 2.81. The van der Waals surface area contributed by atoms with Crippen molar-refractivity contribution in [2.45, 2.75) is 38.0 Å². The Hall–Kier alpha value is -1.13. The Morgan fingerprint density at radius 3 is 2.61 bits per heavy atom. The number of rotatable bonds is 3. The summed E-state index contributed by atoms with van der Waals surface area (Å²) in [5, 5.41) is 3.23. The highest BCUT2D eigenvalue weighted by Gasteiger charge is 2.34. The lowest BCUT2D eigenvalue weighted by Gasteiger charge is -2.33. The predicted octanol–water partition coefficient (Wildman–Crippen LogP) is 1.73. The molecule has 2 fully saturated rings. The van der Waals surface area contributed by atoms with Gasteiger partial charge < -0.3 is 15.0 Å². The maximum atomic E-state index is 5.85. The van der Waals surface area contributed by atoms with Crippen molar-refractivity contribution in [2.24, 2.45) is 0 Å². The van der Waals surface area contributed by atoms with Crippen LogP contribution in [0.5, 0.6) is 0 Å². The molecule has 2 bridgehead atoms. The molecule has 0 aliphatic carbocycles. The fourth-order valence-electron chi connectivity index (χ4n) is 2.81. The van der Waals surface area contributed by atoms with Gasteiger partial charge in [-0.3, -0.25) is 0 Å². The fraction of sp³-hybridized carbons (Fsp3) is 0.643. The van der Waals surface area contributed by atoms with Gasteiger partial charge in [0, 0.05) is 25.3 Å². The summed E-state index contributed by atoms with van der Waals surface area (Å²) in [6, 6.07) is 4.65. The molecule has 0 amide bonds. The van der Waals surface area contributed by atoms with Crippen molar-refractivity contribution in [1.29, 1.82) is 0 Å². The maximum absolute atomic E-state index is 5.85. The van der Waals surface area contributed by atoms with E-state index >= 15 is 0 Å². The molecule has 3 rings (SSSR count). The van der Waals surface area contributed by atoms with Gasteiger partial charge in [0.2, 0.25) is 0 Å². The molecule has 1 N–H and O–H groups in total. The summed E-state index contributed by atoms with van der Waals surface area (Å²) < 4.78 is 5.85. The Morgan fingerprint density at radius 1 is 1.33 bits per heavy atom. The molecule has 1 aromatic rings. The van der Waals surface area contributed by atoms with Crippen molar-refractivity contribution in [2.75, 3.05) is 25.0 Å². The molecule has 0 spiro atoms. The first-order valence-electron chi connectivity index (χ1n) is 6.80. The van der Waals surface area contributed by atoms with E-state index < -0.39 is 0 Å². The predicted molar refractivity (Wildman–Crippen MR) is 71.8 cm³/mol. The van der Waals surface area contributed by atoms with Crippen LogP contribution in [0.15, 0.2) is 18.3 Å². The van der Waals surface area contributed by atoms with Crippen LogP contribution in [0.1, 0.15) is 31.4 Å². The standard InChI is InChI=1S/C14H21N3O/c1-10(15-2)11-3-6-14(16-7-11)17-8-12-4-5-13(9-17)18-12/h3,6-7,10,12-13,15H,4-5,8-9H2,1-2H3. The molecular weight excluding hydrogens is 226 g/mol. The van der Waals surface area contributed by atoms with Gasteiger partial charge in [-0.15, -0.1) is 0 Å². The molecule has 2 saturated heterocycles. The summed E-state index contributed by atoms with van der Waals surface area (Å²) in [6.45, 7) is 4.13. The number of ether oxygens (including phenoxy) is 1. The van der Waals surface area contributed by atoms with Crippen LogP contribution in [0, 0.1) is 0 Å². The third-order valence-corrected chi connectivity index (χ3v) is 4.07. The molecule has 98 valence electrons. The van der Waals surface area contributed by atoms with Crippen LogP contribution in [0.3, 0.4) is 0 Å². The number of hydrogen-bond donors (Lipinski definition) is 1. The highest BCUT2D eigenvalue weighted by Crippen LogP contribution is 2.28. The molecule has 4 nitrogen and oxygen atoms in total. The molecule has 4 heteroatoms. The summed E-state index contributed by atoms with van der Waals surface area (Å²) in [6.07, 6.45) is 5.22. The van der Waals surface area contributed by atoms with Gasteiger partial charge in [-0.05, 0) is 38.4 Å². The Labute approximate surface area is 108 Å². The largest absolute Gasteiger partial charge is 0.371 e. The number of morpholine rings is 1. The van der Waals surface area contributed by atoms with Crippen molar-refractivity contribution in [3.63, 3.8) is 0 Å². The number of aromatic nitrogens is 1. The van der Waals surface area contributed by atoms with Crippen LogP contribution in [-0.4, -0.2) is 37.3 Å². The Balaban J connectivity index is 1.73. The average molecular weight is 247 g/mol. The number of fused-ring (bicyclic) bond motifs is 2. The highest BCUT2D eigenvalue weighted by molar-refractivity contribution is 5.41. The number of hydrogen-bond acceptors (Lipinski definition) is 4. The molecule has 3 atom stereocenters. The Bertz CT molecular complexity index is 394. The zero-order valence-electron chi connectivity index (χ0n) is 11.1. The molecular formula is C14H21N3O. The van der Waals surface area contributed by atoms with Gasteiger partial charge in [-0.1, -0.05) is 6.07 Å². The lowest BCUT2D eigenvalue weighted by molar-refractivity contribution is 0.0302. The van der Waals surface area contributed by atoms with Crippen LogP contribution in [0.25, 0.3) is 0 Å². The smallest absolute Gasteiger partial charge is 0.128 e. The normalized spacial score (nSPS) is 28.4. The second-order valence-corrected chi connectivity index (χ2v) is 5.32. The zero-order chi connectivity index (χ0) is 12.5. The van der Waals surface area contributed by atoms with Crippen LogP contribution in [0.4, 0.5) is 5.82 Å². The molecule has 0 aromatic carbocycles. The maximum Gasteiger partial charge on any atom is 0.128 e. The minimum atomic E-state index is 0.354. The Kier molecular flexibility index (Phi) is 3.22. The molecule has 2 aliphatic rings. The summed E-state index contributed by atoms with van der Waals surface area (Å²) in [5.74, 6) is 1.09. The van der Waals surface area contributed by atoms with Crippen molar-refractivity contribution in [3.8, 4) is 0 Å². The summed E-state index contributed by atoms with van der Waals surface area (Å²) in [7, 11) is 1.97. The first-order chi connectivity index (χ1) is 8.76. The summed E-state index contributed by atoms with van der Waals surface area (Å²) >= 11 is 0. The van der Waals surface area contributed by atoms with E-state index in [1.54, 1.807) is 0 Å². The number of nitrogens with one attached hydrogen (secondary N) is 1. The van der Waals surface area contributed by atoms with E-state index in [4.69, 9.17) is 4.74 Å². The zero-order valence-corrected chi connectivity index (χ0v) is 11.1. The van der Waals surface area contributed by atoms with Crippen LogP contribution >= 0.6 is 0 Å². The van der Waals surface area contributed by atoms with E-state index in [0.717, 1.165) is 18.9 Å². The third-order valence-electron chi connectivity index (χ3n) is 4.07. The van der Waals surface area contributed by atoms with Gasteiger partial charge in [0.25, 0.3) is 0 Å². The molecule has 18 heavy (non-hydrogen) atoms. The second kappa shape index (κ2) is 4.86. The summed E-state index contributed by atoms with van der Waals surface area (Å²) in [4.78, 5) is 6.96. The number of pyridine rings is 1. The minimum Gasteiger partial charge on any atom is -0.371 e. The van der Waals surface area contributed by atoms with Crippen molar-refractivity contribution in [3.05, 3.63) is 23.9 Å². The van der Waals surface area contributed by atoms with Gasteiger partial charge in [-0.25, -0.2) is 4.98 Å². The van der Waals surface area contributed by atoms with Crippen LogP contribution in [0.2, 0.25) is 0 Å². The van der Waals surface area contributed by atoms with Crippen LogP contribution in [-0.2, 0) is 4.74 Å². The van der Waals surface area contributed by atoms with E-state index in [0.29, 0.717) is 18.2 Å². The molecule has 1 aromatic heterocycles. The molecule has 2 aliphatic heterocycles. The highest BCUT2D eigenvalue weighted by atomic mass is 16.5. The van der Waals surface area contributed by atoms with Crippen molar-refractivity contribution >= 4 is 5.82 Å². The van der Waals surface area contributed by atoms with Crippen LogP contribution < -0.4 is 10.2 Å². The van der Waals surface area contributed by atoms with E-state index in [9.17, 15) is 0 Å².